The summed E-state index contributed by atoms with van der Waals surface area (Å²) in [5.41, 5.74) is 0.931. The summed E-state index contributed by atoms with van der Waals surface area (Å²) >= 11 is 0. The first kappa shape index (κ1) is 12.1. The van der Waals surface area contributed by atoms with E-state index in [1.54, 1.807) is 19.9 Å². The van der Waals surface area contributed by atoms with E-state index in [1.165, 1.54) is 6.07 Å². The van der Waals surface area contributed by atoms with Gasteiger partial charge in [-0.25, -0.2) is 9.78 Å². The van der Waals surface area contributed by atoms with Gasteiger partial charge in [0.1, 0.15) is 5.82 Å². The second-order valence-corrected chi connectivity index (χ2v) is 3.29. The van der Waals surface area contributed by atoms with Crippen LogP contribution in [0.1, 0.15) is 29.4 Å². The van der Waals surface area contributed by atoms with Crippen LogP contribution in [0, 0.1) is 18.8 Å². The van der Waals surface area contributed by atoms with Crippen molar-refractivity contribution >= 4 is 11.8 Å². The number of aromatic carboxylic acids is 1. The van der Waals surface area contributed by atoms with Crippen LogP contribution in [-0.4, -0.2) is 22.6 Å². The van der Waals surface area contributed by atoms with Crippen molar-refractivity contribution in [2.45, 2.75) is 20.3 Å². The topological polar surface area (TPSA) is 62.2 Å². The Morgan fingerprint density at radius 3 is 2.94 bits per heavy atom. The summed E-state index contributed by atoms with van der Waals surface area (Å²) in [7, 11) is 0. The van der Waals surface area contributed by atoms with Crippen molar-refractivity contribution in [1.82, 2.24) is 4.98 Å². The quantitative estimate of drug-likeness (QED) is 0.598. The van der Waals surface area contributed by atoms with Gasteiger partial charge in [-0.15, -0.1) is 11.8 Å². The smallest absolute Gasteiger partial charge is 0.335 e. The summed E-state index contributed by atoms with van der Waals surface area (Å²) in [6, 6.07) is 3.06. The summed E-state index contributed by atoms with van der Waals surface area (Å²) in [4.78, 5) is 15.0. The Morgan fingerprint density at radius 1 is 1.56 bits per heavy atom. The molecule has 0 bridgehead atoms. The third-order valence-electron chi connectivity index (χ3n) is 1.93. The van der Waals surface area contributed by atoms with Crippen LogP contribution in [0.15, 0.2) is 12.1 Å². The molecule has 0 saturated heterocycles. The molecule has 0 fully saturated rings. The van der Waals surface area contributed by atoms with Crippen molar-refractivity contribution in [3.8, 4) is 11.8 Å². The van der Waals surface area contributed by atoms with Gasteiger partial charge in [0.15, 0.2) is 0 Å². The van der Waals surface area contributed by atoms with Crippen molar-refractivity contribution in [3.05, 3.63) is 23.4 Å². The fourth-order valence-corrected chi connectivity index (χ4v) is 1.26. The van der Waals surface area contributed by atoms with Gasteiger partial charge in [0.05, 0.1) is 5.56 Å². The van der Waals surface area contributed by atoms with E-state index in [2.05, 4.69) is 22.1 Å². The minimum Gasteiger partial charge on any atom is -0.478 e. The largest absolute Gasteiger partial charge is 0.478 e. The van der Waals surface area contributed by atoms with Gasteiger partial charge >= 0.3 is 5.97 Å². The van der Waals surface area contributed by atoms with Gasteiger partial charge in [0.25, 0.3) is 0 Å². The van der Waals surface area contributed by atoms with Crippen molar-refractivity contribution in [3.63, 3.8) is 0 Å². The van der Waals surface area contributed by atoms with Gasteiger partial charge in [-0.1, -0.05) is 0 Å². The lowest BCUT2D eigenvalue weighted by Gasteiger charge is -2.05. The predicted molar refractivity (Wildman–Crippen MR) is 62.5 cm³/mol. The van der Waals surface area contributed by atoms with Crippen LogP contribution in [0.3, 0.4) is 0 Å². The van der Waals surface area contributed by atoms with Crippen molar-refractivity contribution < 1.29 is 9.90 Å². The highest BCUT2D eigenvalue weighted by Crippen LogP contribution is 2.10. The maximum absolute atomic E-state index is 10.8. The second-order valence-electron chi connectivity index (χ2n) is 3.29. The summed E-state index contributed by atoms with van der Waals surface area (Å²) in [6.07, 6.45) is 0.717. The second kappa shape index (κ2) is 5.76. The highest BCUT2D eigenvalue weighted by Gasteiger charge is 2.05. The molecule has 0 aromatic carbocycles. The average molecular weight is 218 g/mol. The molecule has 1 rings (SSSR count). The molecule has 4 heteroatoms. The average Bonchev–Trinajstić information content (AvgIpc) is 2.23. The minimum absolute atomic E-state index is 0.247. The number of carbonyl (C=O) groups is 1. The Morgan fingerprint density at radius 2 is 2.31 bits per heavy atom. The molecule has 0 saturated carbocycles. The van der Waals surface area contributed by atoms with Crippen LogP contribution in [0.2, 0.25) is 0 Å². The molecule has 0 spiro atoms. The number of carboxylic acid groups (broad SMARTS) is 1. The first-order valence-corrected chi connectivity index (χ1v) is 4.99. The van der Waals surface area contributed by atoms with E-state index >= 15 is 0 Å². The first-order valence-electron chi connectivity index (χ1n) is 4.99. The molecule has 0 radical (unpaired) electrons. The zero-order valence-electron chi connectivity index (χ0n) is 9.37. The molecule has 0 unspecified atom stereocenters. The molecule has 0 aliphatic rings. The monoisotopic (exact) mass is 218 g/mol. The Balaban J connectivity index is 2.71. The zero-order valence-corrected chi connectivity index (χ0v) is 9.37. The Labute approximate surface area is 94.7 Å². The van der Waals surface area contributed by atoms with Crippen molar-refractivity contribution in [2.75, 3.05) is 11.9 Å². The number of anilines is 1. The third-order valence-corrected chi connectivity index (χ3v) is 1.93. The summed E-state index contributed by atoms with van der Waals surface area (Å²) < 4.78 is 0. The molecule has 1 aromatic heterocycles. The lowest BCUT2D eigenvalue weighted by molar-refractivity contribution is 0.0696. The number of hydrogen-bond donors (Lipinski definition) is 2. The molecule has 2 N–H and O–H groups in total. The predicted octanol–water partition coefficient (Wildman–Crippen LogP) is 1.91. The molecule has 4 nitrogen and oxygen atoms in total. The van der Waals surface area contributed by atoms with E-state index in [-0.39, 0.29) is 5.56 Å². The molecule has 0 amide bonds. The highest BCUT2D eigenvalue weighted by atomic mass is 16.4. The number of aromatic nitrogens is 1. The molecular weight excluding hydrogens is 204 g/mol. The Hall–Kier alpha value is -2.02. The zero-order chi connectivity index (χ0) is 12.0. The van der Waals surface area contributed by atoms with E-state index in [0.717, 1.165) is 0 Å². The van der Waals surface area contributed by atoms with E-state index in [1.807, 2.05) is 0 Å². The van der Waals surface area contributed by atoms with E-state index in [9.17, 15) is 4.79 Å². The van der Waals surface area contributed by atoms with Gasteiger partial charge in [-0.2, -0.15) is 0 Å². The summed E-state index contributed by atoms with van der Waals surface area (Å²) in [5, 5.41) is 11.9. The van der Waals surface area contributed by atoms with Gasteiger partial charge < -0.3 is 10.4 Å². The van der Waals surface area contributed by atoms with Crippen LogP contribution in [-0.2, 0) is 0 Å². The first-order chi connectivity index (χ1) is 7.63. The molecule has 1 heterocycles. The molecule has 0 aliphatic carbocycles. The Kier molecular flexibility index (Phi) is 4.34. The number of hydrogen-bond acceptors (Lipinski definition) is 3. The lowest BCUT2D eigenvalue weighted by atomic mass is 10.2. The lowest BCUT2D eigenvalue weighted by Crippen LogP contribution is -2.06. The standard InChI is InChI=1S/C12H14N2O2/c1-3-4-5-6-13-11-8-10(12(15)16)7-9(2)14-11/h7-8H,5-6H2,1-2H3,(H,13,14)(H,15,16). The van der Waals surface area contributed by atoms with Crippen LogP contribution >= 0.6 is 0 Å². The van der Waals surface area contributed by atoms with Crippen molar-refractivity contribution in [1.29, 1.82) is 0 Å². The summed E-state index contributed by atoms with van der Waals surface area (Å²) in [5.74, 6) is 5.34. The van der Waals surface area contributed by atoms with E-state index in [4.69, 9.17) is 5.11 Å². The molecular formula is C12H14N2O2. The minimum atomic E-state index is -0.943. The van der Waals surface area contributed by atoms with Gasteiger partial charge in [0, 0.05) is 18.7 Å². The van der Waals surface area contributed by atoms with Crippen LogP contribution in [0.4, 0.5) is 5.82 Å². The van der Waals surface area contributed by atoms with E-state index in [0.29, 0.717) is 24.5 Å². The van der Waals surface area contributed by atoms with Crippen LogP contribution in [0.25, 0.3) is 0 Å². The number of nitrogens with one attached hydrogen (secondary N) is 1. The van der Waals surface area contributed by atoms with Gasteiger partial charge in [-0.3, -0.25) is 0 Å². The number of carboxylic acids is 1. The third kappa shape index (κ3) is 3.62. The number of pyridine rings is 1. The normalized spacial score (nSPS) is 9.12. The van der Waals surface area contributed by atoms with Crippen molar-refractivity contribution in [2.24, 2.45) is 0 Å². The van der Waals surface area contributed by atoms with Crippen LogP contribution < -0.4 is 5.32 Å². The SMILES string of the molecule is CC#CCCNc1cc(C(=O)O)cc(C)n1. The molecule has 84 valence electrons. The number of nitrogens with zero attached hydrogens (tertiary/aromatic N) is 1. The summed E-state index contributed by atoms with van der Waals surface area (Å²) in [6.45, 7) is 4.22. The number of rotatable bonds is 4. The molecule has 0 atom stereocenters. The van der Waals surface area contributed by atoms with Gasteiger partial charge in [0.2, 0.25) is 0 Å². The molecule has 1 aromatic rings. The fourth-order valence-electron chi connectivity index (χ4n) is 1.26. The highest BCUT2D eigenvalue weighted by molar-refractivity contribution is 5.88. The molecule has 0 aliphatic heterocycles. The fraction of sp³-hybridized carbons (Fsp3) is 0.333. The molecule has 16 heavy (non-hydrogen) atoms. The maximum Gasteiger partial charge on any atom is 0.335 e. The maximum atomic E-state index is 10.8. The number of aryl methyl sites for hydroxylation is 1. The van der Waals surface area contributed by atoms with E-state index < -0.39 is 5.97 Å². The van der Waals surface area contributed by atoms with Crippen LogP contribution in [0.5, 0.6) is 0 Å². The Bertz CT molecular complexity index is 444. The van der Waals surface area contributed by atoms with Gasteiger partial charge in [-0.05, 0) is 26.0 Å².